The quantitative estimate of drug-likeness (QED) is 0.779. The smallest absolute Gasteiger partial charge is 0.193 e. The van der Waals surface area contributed by atoms with E-state index in [0.717, 1.165) is 16.2 Å². The highest BCUT2D eigenvalue weighted by atomic mass is 79.9. The van der Waals surface area contributed by atoms with Crippen LogP contribution in [0.25, 0.3) is 0 Å². The fourth-order valence-corrected chi connectivity index (χ4v) is 2.68. The van der Waals surface area contributed by atoms with Crippen molar-refractivity contribution < 1.29 is 14.7 Å². The van der Waals surface area contributed by atoms with E-state index in [1.807, 2.05) is 0 Å². The van der Waals surface area contributed by atoms with Gasteiger partial charge in [-0.25, -0.2) is 4.98 Å². The van der Waals surface area contributed by atoms with Gasteiger partial charge < -0.3 is 9.90 Å². The molecule has 1 amide bonds. The van der Waals surface area contributed by atoms with Gasteiger partial charge in [0.25, 0.3) is 0 Å². The van der Waals surface area contributed by atoms with Crippen LogP contribution in [-0.2, 0) is 0 Å². The Morgan fingerprint density at radius 3 is 2.44 bits per heavy atom. The number of carbonyl (C=O) groups is 2. The van der Waals surface area contributed by atoms with Crippen molar-refractivity contribution in [1.82, 2.24) is 4.98 Å². The first-order chi connectivity index (χ1) is 7.27. The molecule has 7 heteroatoms. The number of carbonyl (C=O) groups excluding carboxylic acids is 2. The largest absolute Gasteiger partial charge is 0.530 e. The average molecular weight is 306 g/mol. The molecule has 16 heavy (non-hydrogen) atoms. The van der Waals surface area contributed by atoms with Crippen molar-refractivity contribution in [3.05, 3.63) is 9.48 Å². The summed E-state index contributed by atoms with van der Waals surface area (Å²) in [7, 11) is 0. The topological polar surface area (TPSA) is 73.3 Å². The van der Waals surface area contributed by atoms with Crippen LogP contribution in [0.1, 0.15) is 30.4 Å². The summed E-state index contributed by atoms with van der Waals surface area (Å²) in [6.07, 6.45) is -0.715. The first-order valence-electron chi connectivity index (χ1n) is 4.40. The molecule has 5 nitrogen and oxygen atoms in total. The number of anilines is 1. The molecule has 0 aliphatic heterocycles. The molecule has 0 saturated carbocycles. The maximum absolute atomic E-state index is 11.0. The van der Waals surface area contributed by atoms with Gasteiger partial charge in [-0.2, -0.15) is 0 Å². The van der Waals surface area contributed by atoms with Gasteiger partial charge in [-0.15, -0.1) is 0 Å². The molecule has 0 atom stereocenters. The van der Waals surface area contributed by atoms with Gasteiger partial charge in [0.15, 0.2) is 11.4 Å². The van der Waals surface area contributed by atoms with Gasteiger partial charge in [-0.3, -0.25) is 9.69 Å². The molecule has 0 aromatic carbocycles. The zero-order valence-electron chi connectivity index (χ0n) is 8.98. The molecule has 0 saturated heterocycles. The van der Waals surface area contributed by atoms with E-state index in [9.17, 15) is 14.7 Å². The SMILES string of the molecule is CC(C)(C)N(C(=O)[O-])c1nc(Br)c(C=O)s1. The van der Waals surface area contributed by atoms with E-state index < -0.39 is 11.6 Å². The number of rotatable bonds is 2. The van der Waals surface area contributed by atoms with Crippen LogP contribution >= 0.6 is 27.3 Å². The van der Waals surface area contributed by atoms with E-state index in [1.165, 1.54) is 0 Å². The first-order valence-corrected chi connectivity index (χ1v) is 6.01. The standard InChI is InChI=1S/C9H11BrN2O3S/c1-9(2,3)12(8(14)15)7-11-6(10)5(4-13)16-7/h4H,1-3H3,(H,14,15)/p-1. The second-order valence-electron chi connectivity index (χ2n) is 4.04. The predicted molar refractivity (Wildman–Crippen MR) is 62.8 cm³/mol. The number of carboxylic acid groups (broad SMARTS) is 1. The molecule has 1 aromatic heterocycles. The summed E-state index contributed by atoms with van der Waals surface area (Å²) < 4.78 is 0.345. The van der Waals surface area contributed by atoms with Crippen LogP contribution in [0.2, 0.25) is 0 Å². The molecule has 0 radical (unpaired) electrons. The third kappa shape index (κ3) is 2.59. The van der Waals surface area contributed by atoms with E-state index in [1.54, 1.807) is 20.8 Å². The van der Waals surface area contributed by atoms with Crippen LogP contribution in [0, 0.1) is 0 Å². The second-order valence-corrected chi connectivity index (χ2v) is 5.80. The van der Waals surface area contributed by atoms with E-state index >= 15 is 0 Å². The van der Waals surface area contributed by atoms with E-state index in [2.05, 4.69) is 20.9 Å². The Kier molecular flexibility index (Phi) is 3.69. The average Bonchev–Trinajstić information content (AvgIpc) is 2.43. The van der Waals surface area contributed by atoms with Crippen LogP contribution in [0.5, 0.6) is 0 Å². The molecular weight excluding hydrogens is 296 g/mol. The van der Waals surface area contributed by atoms with Crippen molar-refractivity contribution in [2.24, 2.45) is 0 Å². The summed E-state index contributed by atoms with van der Waals surface area (Å²) >= 11 is 4.09. The van der Waals surface area contributed by atoms with Gasteiger partial charge in [-0.1, -0.05) is 11.3 Å². The fraction of sp³-hybridized carbons (Fsp3) is 0.444. The fourth-order valence-electron chi connectivity index (χ4n) is 1.11. The Morgan fingerprint density at radius 1 is 1.56 bits per heavy atom. The number of aldehydes is 1. The summed E-state index contributed by atoms with van der Waals surface area (Å²) in [6.45, 7) is 5.16. The molecule has 0 spiro atoms. The Hall–Kier alpha value is -0.950. The van der Waals surface area contributed by atoms with Crippen LogP contribution in [0.15, 0.2) is 4.60 Å². The molecule has 0 bridgehead atoms. The number of amides is 1. The van der Waals surface area contributed by atoms with Crippen LogP contribution in [0.3, 0.4) is 0 Å². The summed E-state index contributed by atoms with van der Waals surface area (Å²) in [4.78, 5) is 27.0. The van der Waals surface area contributed by atoms with E-state index in [-0.39, 0.29) is 5.13 Å². The Balaban J connectivity index is 3.22. The second kappa shape index (κ2) is 4.50. The molecule has 0 aliphatic carbocycles. The highest BCUT2D eigenvalue weighted by Crippen LogP contribution is 2.32. The van der Waals surface area contributed by atoms with Gasteiger partial charge in [-0.05, 0) is 36.7 Å². The van der Waals surface area contributed by atoms with E-state index in [4.69, 9.17) is 0 Å². The maximum atomic E-state index is 11.0. The molecule has 0 aliphatic rings. The minimum atomic E-state index is -1.34. The number of halogens is 1. The number of hydrogen-bond acceptors (Lipinski definition) is 5. The van der Waals surface area contributed by atoms with Gasteiger partial charge in [0.1, 0.15) is 15.6 Å². The Labute approximate surface area is 105 Å². The van der Waals surface area contributed by atoms with Crippen molar-refractivity contribution in [1.29, 1.82) is 0 Å². The van der Waals surface area contributed by atoms with Crippen molar-refractivity contribution >= 4 is 44.8 Å². The highest BCUT2D eigenvalue weighted by molar-refractivity contribution is 9.10. The summed E-state index contributed by atoms with van der Waals surface area (Å²) in [5, 5.41) is 11.3. The lowest BCUT2D eigenvalue weighted by atomic mass is 10.1. The number of aromatic nitrogens is 1. The zero-order chi connectivity index (χ0) is 12.5. The van der Waals surface area contributed by atoms with Crippen LogP contribution in [0.4, 0.5) is 9.93 Å². The molecule has 1 aromatic rings. The number of thiazole rings is 1. The lowest BCUT2D eigenvalue weighted by Crippen LogP contribution is -2.52. The Bertz CT molecular complexity index is 425. The van der Waals surface area contributed by atoms with Crippen LogP contribution in [-0.4, -0.2) is 22.9 Å². The van der Waals surface area contributed by atoms with Gasteiger partial charge >= 0.3 is 0 Å². The molecular formula is C9H10BrN2O3S-. The normalized spacial score (nSPS) is 11.2. The minimum absolute atomic E-state index is 0.224. The third-order valence-corrected chi connectivity index (χ3v) is 3.58. The lowest BCUT2D eigenvalue weighted by molar-refractivity contribution is -0.247. The molecule has 1 rings (SSSR count). The molecule has 0 N–H and O–H groups in total. The van der Waals surface area contributed by atoms with Crippen molar-refractivity contribution in [2.45, 2.75) is 26.3 Å². The Morgan fingerprint density at radius 2 is 2.12 bits per heavy atom. The number of hydrogen-bond donors (Lipinski definition) is 0. The van der Waals surface area contributed by atoms with Gasteiger partial charge in [0.2, 0.25) is 0 Å². The molecule has 0 unspecified atom stereocenters. The highest BCUT2D eigenvalue weighted by Gasteiger charge is 2.26. The molecule has 0 fully saturated rings. The monoisotopic (exact) mass is 305 g/mol. The predicted octanol–water partition coefficient (Wildman–Crippen LogP) is 1.67. The summed E-state index contributed by atoms with van der Waals surface area (Å²) in [5.74, 6) is 0. The van der Waals surface area contributed by atoms with E-state index in [0.29, 0.717) is 15.8 Å². The lowest BCUT2D eigenvalue weighted by Gasteiger charge is -2.35. The van der Waals surface area contributed by atoms with Crippen molar-refractivity contribution in [2.75, 3.05) is 4.90 Å². The third-order valence-electron chi connectivity index (χ3n) is 1.75. The number of nitrogens with zero attached hydrogens (tertiary/aromatic N) is 2. The van der Waals surface area contributed by atoms with Gasteiger partial charge in [0, 0.05) is 5.54 Å². The van der Waals surface area contributed by atoms with Crippen molar-refractivity contribution in [3.63, 3.8) is 0 Å². The molecule has 1 heterocycles. The summed E-state index contributed by atoms with van der Waals surface area (Å²) in [5.41, 5.74) is -0.670. The first kappa shape index (κ1) is 13.1. The van der Waals surface area contributed by atoms with Crippen molar-refractivity contribution in [3.8, 4) is 0 Å². The minimum Gasteiger partial charge on any atom is -0.530 e. The molecule has 88 valence electrons. The summed E-state index contributed by atoms with van der Waals surface area (Å²) in [6, 6.07) is 0. The van der Waals surface area contributed by atoms with Crippen LogP contribution < -0.4 is 10.0 Å². The maximum Gasteiger partial charge on any atom is 0.193 e. The zero-order valence-corrected chi connectivity index (χ0v) is 11.4. The van der Waals surface area contributed by atoms with Gasteiger partial charge in [0.05, 0.1) is 0 Å².